The lowest BCUT2D eigenvalue weighted by atomic mass is 9.81. The first kappa shape index (κ1) is 50.5. The number of rotatable bonds is 0. The molecule has 16 aromatic rings. The molecule has 1 aliphatic rings. The summed E-state index contributed by atoms with van der Waals surface area (Å²) in [5, 5.41) is 15.0. The second-order valence-electron chi connectivity index (χ2n) is 23.5. The zero-order valence-electron chi connectivity index (χ0n) is 47.7. The number of fused-ring (bicyclic) bond motifs is 40. The van der Waals surface area contributed by atoms with Crippen LogP contribution < -0.4 is 45.9 Å². The molecule has 1 aliphatic carbocycles. The predicted octanol–water partition coefficient (Wildman–Crippen LogP) is 19.2. The van der Waals surface area contributed by atoms with E-state index in [0.717, 1.165) is 175 Å². The van der Waals surface area contributed by atoms with E-state index >= 15 is 0 Å². The van der Waals surface area contributed by atoms with Crippen molar-refractivity contribution in [3.8, 4) is 89.0 Å². The van der Waals surface area contributed by atoms with Gasteiger partial charge in [0.2, 0.25) is 0 Å². The van der Waals surface area contributed by atoms with Crippen LogP contribution in [0.5, 0.6) is 0 Å². The minimum absolute atomic E-state index is 0.511. The van der Waals surface area contributed by atoms with Crippen LogP contribution in [0, 0.1) is 0 Å². The molecule has 0 aliphatic heterocycles. The molecule has 17 rings (SSSR count). The monoisotopic (exact) mass is 1130 g/mol. The van der Waals surface area contributed by atoms with E-state index in [-0.39, 0.29) is 0 Å². The number of nitrogen functional groups attached to an aromatic ring is 8. The third-order valence-electron chi connectivity index (χ3n) is 18.9. The van der Waals surface area contributed by atoms with E-state index in [1.165, 1.54) is 0 Å². The normalized spacial score (nSPS) is 12.0. The maximum atomic E-state index is 7.94. The fourth-order valence-corrected chi connectivity index (χ4v) is 14.8. The lowest BCUT2D eigenvalue weighted by Crippen LogP contribution is -2.06. The molecule has 16 N–H and O–H groups in total. The molecule has 0 radical (unpaired) electrons. The number of nitrogens with two attached hydrogens (primary N) is 8. The van der Waals surface area contributed by atoms with Crippen LogP contribution in [0.15, 0.2) is 243 Å². The van der Waals surface area contributed by atoms with Gasteiger partial charge in [-0.1, -0.05) is 194 Å². The van der Waals surface area contributed by atoms with E-state index in [0.29, 0.717) is 45.5 Å². The van der Waals surface area contributed by atoms with Crippen molar-refractivity contribution < 1.29 is 0 Å². The second kappa shape index (κ2) is 18.7. The van der Waals surface area contributed by atoms with Crippen molar-refractivity contribution >= 4 is 132 Å². The average Bonchev–Trinajstić information content (AvgIpc) is 0.841. The summed E-state index contributed by atoms with van der Waals surface area (Å²) in [5.74, 6) is 0. The molecule has 416 valence electrons. The Bertz CT molecular complexity index is 4730. The Kier molecular flexibility index (Phi) is 10.8. The van der Waals surface area contributed by atoms with Crippen molar-refractivity contribution in [1.82, 2.24) is 0 Å². The highest BCUT2D eigenvalue weighted by Gasteiger charge is 2.30. The maximum Gasteiger partial charge on any atom is 0.0481 e. The zero-order chi connectivity index (χ0) is 59.4. The molecule has 8 nitrogen and oxygen atoms in total. The summed E-state index contributed by atoms with van der Waals surface area (Å²) >= 11 is 0. The summed E-state index contributed by atoms with van der Waals surface area (Å²) in [6.07, 6.45) is 0. The molecule has 0 fully saturated rings. The van der Waals surface area contributed by atoms with Crippen molar-refractivity contribution in [3.63, 3.8) is 0 Å². The highest BCUT2D eigenvalue weighted by Crippen LogP contribution is 2.57. The van der Waals surface area contributed by atoms with Crippen molar-refractivity contribution in [1.29, 1.82) is 0 Å². The van der Waals surface area contributed by atoms with Gasteiger partial charge in [-0.05, 0) is 135 Å². The lowest BCUT2D eigenvalue weighted by Gasteiger charge is -2.25. The van der Waals surface area contributed by atoms with Crippen LogP contribution in [-0.4, -0.2) is 0 Å². The Labute approximate surface area is 506 Å². The predicted molar refractivity (Wildman–Crippen MR) is 379 cm³/mol. The van der Waals surface area contributed by atoms with Gasteiger partial charge in [0.1, 0.15) is 0 Å². The molecular weight excluding hydrogens is 1070 g/mol. The first-order chi connectivity index (χ1) is 43.0. The zero-order valence-corrected chi connectivity index (χ0v) is 47.7. The Balaban J connectivity index is 1.11. The molecule has 16 aromatic carbocycles. The Morgan fingerprint density at radius 2 is 0.239 bits per heavy atom. The van der Waals surface area contributed by atoms with Crippen LogP contribution in [0.1, 0.15) is 0 Å². The minimum Gasteiger partial charge on any atom is -0.398 e. The molecule has 8 heteroatoms. The van der Waals surface area contributed by atoms with Gasteiger partial charge in [-0.3, -0.25) is 0 Å². The molecule has 88 heavy (non-hydrogen) atoms. The van der Waals surface area contributed by atoms with Gasteiger partial charge in [0.25, 0.3) is 0 Å². The quantitative estimate of drug-likeness (QED) is 0.0684. The largest absolute Gasteiger partial charge is 0.398 e. The maximum absolute atomic E-state index is 7.94. The topological polar surface area (TPSA) is 208 Å². The van der Waals surface area contributed by atoms with Crippen LogP contribution in [0.25, 0.3) is 175 Å². The van der Waals surface area contributed by atoms with Gasteiger partial charge in [0.15, 0.2) is 0 Å². The SMILES string of the molecule is Nc1c2cc3ccccc3c1-c1c(N)c(cc3ccccc13)-c1cc3ccccc3c(c1N)-c1c(N)c(cc3ccccc13)-c1cc3ccccc3c(c1N)-c1c(N)c(cc3ccccc13)-c1cc3ccccc3c(c1N)-c1c(N)c-2cc2ccccc12. The summed E-state index contributed by atoms with van der Waals surface area (Å²) in [6, 6.07) is 83.9. The average molecular weight is 1130 g/mol. The first-order valence-electron chi connectivity index (χ1n) is 29.5. The fourth-order valence-electron chi connectivity index (χ4n) is 14.8. The second-order valence-corrected chi connectivity index (χ2v) is 23.5. The fraction of sp³-hybridized carbons (Fsp3) is 0. The van der Waals surface area contributed by atoms with Gasteiger partial charge >= 0.3 is 0 Å². The van der Waals surface area contributed by atoms with Gasteiger partial charge in [0.05, 0.1) is 0 Å². The summed E-state index contributed by atoms with van der Waals surface area (Å²) in [5.41, 5.74) is 79.7. The van der Waals surface area contributed by atoms with Crippen molar-refractivity contribution in [2.24, 2.45) is 0 Å². The third kappa shape index (κ3) is 7.08. The van der Waals surface area contributed by atoms with E-state index in [4.69, 9.17) is 45.9 Å². The number of benzene rings is 16. The van der Waals surface area contributed by atoms with Gasteiger partial charge in [-0.25, -0.2) is 0 Å². The number of hydrogen-bond acceptors (Lipinski definition) is 8. The van der Waals surface area contributed by atoms with E-state index in [9.17, 15) is 0 Å². The van der Waals surface area contributed by atoms with Gasteiger partial charge in [-0.2, -0.15) is 0 Å². The van der Waals surface area contributed by atoms with Crippen LogP contribution >= 0.6 is 0 Å². The highest BCUT2D eigenvalue weighted by molar-refractivity contribution is 6.26. The summed E-state index contributed by atoms with van der Waals surface area (Å²) < 4.78 is 0. The van der Waals surface area contributed by atoms with Gasteiger partial charge in [-0.15, -0.1) is 0 Å². The van der Waals surface area contributed by atoms with E-state index in [1.54, 1.807) is 0 Å². The molecule has 0 unspecified atom stereocenters. The van der Waals surface area contributed by atoms with Crippen LogP contribution in [0.2, 0.25) is 0 Å². The molecular formula is C80H56N8. The van der Waals surface area contributed by atoms with Crippen LogP contribution in [0.3, 0.4) is 0 Å². The van der Waals surface area contributed by atoms with E-state index in [1.807, 2.05) is 48.5 Å². The summed E-state index contributed by atoms with van der Waals surface area (Å²) in [6.45, 7) is 0. The molecule has 0 atom stereocenters. The standard InChI is InChI=1S/C80H56N8/c81-73-57-33-41-17-1-9-25-49(41)65(73)66-50-26-10-2-19-43(50)35-59(75(66)83)60-36-44-20-5-13-29-53(44)69(76(60)84)70-54-30-14-6-23-47(54)39-63(79(70)87)64-40-48-24-8-16-32-56(48)72(80(64)88)71-55-31-15-7-22-46(55)38-62(78(71)86)61-37-45-21-4-12-28-52(45)68(77(61)85)67-51-27-11-3-18-42(51)34-58(57)74(67)82/h1-40H,81-88H2. The van der Waals surface area contributed by atoms with Crippen molar-refractivity contribution in [2.45, 2.75) is 0 Å². The highest BCUT2D eigenvalue weighted by atomic mass is 14.7. The van der Waals surface area contributed by atoms with Gasteiger partial charge < -0.3 is 45.9 Å². The summed E-state index contributed by atoms with van der Waals surface area (Å²) in [4.78, 5) is 0. The Hall–Kier alpha value is -12.0. The first-order valence-corrected chi connectivity index (χ1v) is 29.5. The molecule has 0 spiro atoms. The minimum atomic E-state index is 0.511. The molecule has 0 aromatic heterocycles. The van der Waals surface area contributed by atoms with Crippen LogP contribution in [-0.2, 0) is 0 Å². The van der Waals surface area contributed by atoms with Gasteiger partial charge in [0, 0.05) is 135 Å². The molecule has 0 saturated carbocycles. The molecule has 0 amide bonds. The molecule has 0 saturated heterocycles. The lowest BCUT2D eigenvalue weighted by molar-refractivity contribution is 1.59. The summed E-state index contributed by atoms with van der Waals surface area (Å²) in [7, 11) is 0. The van der Waals surface area contributed by atoms with E-state index < -0.39 is 0 Å². The number of anilines is 8. The Morgan fingerprint density at radius 3 is 0.352 bits per heavy atom. The Morgan fingerprint density at radius 1 is 0.136 bits per heavy atom. The van der Waals surface area contributed by atoms with E-state index in [2.05, 4.69) is 194 Å². The van der Waals surface area contributed by atoms with Crippen LogP contribution in [0.4, 0.5) is 45.5 Å². The molecule has 0 heterocycles. The van der Waals surface area contributed by atoms with Crippen molar-refractivity contribution in [2.75, 3.05) is 45.9 Å². The smallest absolute Gasteiger partial charge is 0.0481 e. The third-order valence-corrected chi connectivity index (χ3v) is 18.9. The van der Waals surface area contributed by atoms with Crippen molar-refractivity contribution in [3.05, 3.63) is 243 Å². The molecule has 16 bridgehead atoms. The number of hydrogen-bond donors (Lipinski definition) is 8.